The summed E-state index contributed by atoms with van der Waals surface area (Å²) in [5.41, 5.74) is 1.94. The third-order valence-corrected chi connectivity index (χ3v) is 5.39. The van der Waals surface area contributed by atoms with Gasteiger partial charge >= 0.3 is 0 Å². The minimum Gasteiger partial charge on any atom is -0.381 e. The molecule has 4 nitrogen and oxygen atoms in total. The number of carbonyl (C=O) groups excluding carboxylic acids is 1. The van der Waals surface area contributed by atoms with E-state index in [2.05, 4.69) is 41.8 Å². The molecule has 0 aliphatic carbocycles. The summed E-state index contributed by atoms with van der Waals surface area (Å²) in [5.74, 6) is 0.885. The molecule has 5 heteroatoms. The molecule has 1 atom stereocenters. The molecular formula is C19H29ClN2O2. The Morgan fingerprint density at radius 1 is 1.29 bits per heavy atom. The van der Waals surface area contributed by atoms with Gasteiger partial charge in [-0.3, -0.25) is 4.79 Å². The number of benzene rings is 1. The van der Waals surface area contributed by atoms with Crippen LogP contribution >= 0.6 is 12.4 Å². The Labute approximate surface area is 151 Å². The van der Waals surface area contributed by atoms with Gasteiger partial charge in [-0.25, -0.2) is 0 Å². The highest BCUT2D eigenvalue weighted by Crippen LogP contribution is 2.35. The predicted octanol–water partition coefficient (Wildman–Crippen LogP) is 2.58. The van der Waals surface area contributed by atoms with Crippen LogP contribution in [0.1, 0.15) is 36.8 Å². The SMILES string of the molecule is Cc1ccc(C2(C(=O)NCCC3CCNC3)CCOCC2)cc1.Cl. The normalized spacial score (nSPS) is 22.6. The summed E-state index contributed by atoms with van der Waals surface area (Å²) in [6.07, 6.45) is 3.84. The molecule has 1 aromatic carbocycles. The van der Waals surface area contributed by atoms with Crippen LogP contribution < -0.4 is 10.6 Å². The first kappa shape index (κ1) is 19.2. The van der Waals surface area contributed by atoms with Crippen molar-refractivity contribution >= 4 is 18.3 Å². The zero-order valence-electron chi connectivity index (χ0n) is 14.5. The van der Waals surface area contributed by atoms with Crippen molar-refractivity contribution in [1.29, 1.82) is 0 Å². The molecule has 0 saturated carbocycles. The highest BCUT2D eigenvalue weighted by molar-refractivity contribution is 5.88. The topological polar surface area (TPSA) is 50.4 Å². The van der Waals surface area contributed by atoms with Crippen LogP contribution in [0.3, 0.4) is 0 Å². The van der Waals surface area contributed by atoms with Crippen LogP contribution in [0.15, 0.2) is 24.3 Å². The molecule has 2 heterocycles. The van der Waals surface area contributed by atoms with E-state index in [1.807, 2.05) is 0 Å². The van der Waals surface area contributed by atoms with Crippen molar-refractivity contribution in [2.75, 3.05) is 32.8 Å². The second kappa shape index (κ2) is 8.84. The van der Waals surface area contributed by atoms with Crippen molar-refractivity contribution < 1.29 is 9.53 Å². The van der Waals surface area contributed by atoms with Gasteiger partial charge in [0.15, 0.2) is 0 Å². The van der Waals surface area contributed by atoms with Gasteiger partial charge in [0.25, 0.3) is 0 Å². The van der Waals surface area contributed by atoms with E-state index >= 15 is 0 Å². The Bertz CT molecular complexity index is 521. The van der Waals surface area contributed by atoms with E-state index in [1.165, 1.54) is 12.0 Å². The van der Waals surface area contributed by atoms with Crippen molar-refractivity contribution in [2.24, 2.45) is 5.92 Å². The van der Waals surface area contributed by atoms with Gasteiger partial charge in [-0.2, -0.15) is 0 Å². The largest absolute Gasteiger partial charge is 0.381 e. The van der Waals surface area contributed by atoms with Gasteiger partial charge in [-0.05, 0) is 57.2 Å². The molecule has 1 unspecified atom stereocenters. The second-order valence-corrected chi connectivity index (χ2v) is 6.96. The maximum atomic E-state index is 13.0. The maximum Gasteiger partial charge on any atom is 0.230 e. The Kier molecular flexibility index (Phi) is 7.08. The summed E-state index contributed by atoms with van der Waals surface area (Å²) in [6.45, 7) is 6.38. The Hall–Kier alpha value is -1.10. The summed E-state index contributed by atoms with van der Waals surface area (Å²) < 4.78 is 5.52. The average molecular weight is 353 g/mol. The summed E-state index contributed by atoms with van der Waals surface area (Å²) in [7, 11) is 0. The van der Waals surface area contributed by atoms with Gasteiger partial charge in [0.2, 0.25) is 5.91 Å². The molecule has 2 saturated heterocycles. The quantitative estimate of drug-likeness (QED) is 0.856. The second-order valence-electron chi connectivity index (χ2n) is 6.96. The fourth-order valence-electron chi connectivity index (χ4n) is 3.76. The highest BCUT2D eigenvalue weighted by Gasteiger charge is 2.41. The van der Waals surface area contributed by atoms with E-state index in [-0.39, 0.29) is 18.3 Å². The van der Waals surface area contributed by atoms with Crippen molar-refractivity contribution in [3.8, 4) is 0 Å². The minimum atomic E-state index is -0.417. The summed E-state index contributed by atoms with van der Waals surface area (Å²) in [5, 5.41) is 6.59. The molecule has 2 aliphatic rings. The lowest BCUT2D eigenvalue weighted by molar-refractivity contribution is -0.130. The van der Waals surface area contributed by atoms with Crippen molar-refractivity contribution in [3.05, 3.63) is 35.4 Å². The van der Waals surface area contributed by atoms with E-state index in [9.17, 15) is 4.79 Å². The lowest BCUT2D eigenvalue weighted by atomic mass is 9.73. The molecule has 1 amide bonds. The zero-order valence-corrected chi connectivity index (χ0v) is 15.3. The van der Waals surface area contributed by atoms with Gasteiger partial charge in [-0.1, -0.05) is 29.8 Å². The van der Waals surface area contributed by atoms with Crippen molar-refractivity contribution in [3.63, 3.8) is 0 Å². The minimum absolute atomic E-state index is 0. The number of hydrogen-bond donors (Lipinski definition) is 2. The smallest absolute Gasteiger partial charge is 0.230 e. The molecule has 1 aromatic rings. The molecule has 2 fully saturated rings. The summed E-state index contributed by atoms with van der Waals surface area (Å²) >= 11 is 0. The fourth-order valence-corrected chi connectivity index (χ4v) is 3.76. The molecule has 0 aromatic heterocycles. The van der Waals surface area contributed by atoms with E-state index < -0.39 is 5.41 Å². The molecular weight excluding hydrogens is 324 g/mol. The molecule has 134 valence electrons. The lowest BCUT2D eigenvalue weighted by Gasteiger charge is -2.36. The van der Waals surface area contributed by atoms with Crippen LogP contribution in [0.5, 0.6) is 0 Å². The molecule has 0 radical (unpaired) electrons. The Morgan fingerprint density at radius 3 is 2.62 bits per heavy atom. The van der Waals surface area contributed by atoms with Crippen LogP contribution in [0.4, 0.5) is 0 Å². The number of carbonyl (C=O) groups is 1. The van der Waals surface area contributed by atoms with Crippen LogP contribution in [-0.2, 0) is 14.9 Å². The van der Waals surface area contributed by atoms with Crippen LogP contribution in [0, 0.1) is 12.8 Å². The molecule has 24 heavy (non-hydrogen) atoms. The van der Waals surface area contributed by atoms with E-state index in [0.717, 1.165) is 44.5 Å². The molecule has 2 aliphatic heterocycles. The summed E-state index contributed by atoms with van der Waals surface area (Å²) in [6, 6.07) is 8.43. The number of aryl methyl sites for hydroxylation is 1. The Morgan fingerprint density at radius 2 is 2.00 bits per heavy atom. The van der Waals surface area contributed by atoms with Crippen LogP contribution in [0.25, 0.3) is 0 Å². The number of halogens is 1. The molecule has 0 spiro atoms. The molecule has 0 bridgehead atoms. The van der Waals surface area contributed by atoms with E-state index in [4.69, 9.17) is 4.74 Å². The van der Waals surface area contributed by atoms with E-state index in [1.54, 1.807) is 0 Å². The first-order chi connectivity index (χ1) is 11.2. The predicted molar refractivity (Wildman–Crippen MR) is 98.8 cm³/mol. The number of nitrogens with one attached hydrogen (secondary N) is 2. The molecule has 3 rings (SSSR count). The van der Waals surface area contributed by atoms with Gasteiger partial charge in [0.1, 0.15) is 0 Å². The average Bonchev–Trinajstić information content (AvgIpc) is 3.09. The number of rotatable bonds is 5. The number of hydrogen-bond acceptors (Lipinski definition) is 3. The standard InChI is InChI=1S/C19H28N2O2.ClH/c1-15-2-4-17(5-3-15)19(8-12-23-13-9-19)18(22)21-11-7-16-6-10-20-14-16;/h2-5,16,20H,6-14H2,1H3,(H,21,22);1H. The van der Waals surface area contributed by atoms with E-state index in [0.29, 0.717) is 19.1 Å². The third-order valence-electron chi connectivity index (χ3n) is 5.39. The fraction of sp³-hybridized carbons (Fsp3) is 0.632. The van der Waals surface area contributed by atoms with Gasteiger partial charge in [0.05, 0.1) is 5.41 Å². The van der Waals surface area contributed by atoms with Gasteiger partial charge in [0, 0.05) is 19.8 Å². The first-order valence-electron chi connectivity index (χ1n) is 8.85. The number of amides is 1. The van der Waals surface area contributed by atoms with Gasteiger partial charge < -0.3 is 15.4 Å². The summed E-state index contributed by atoms with van der Waals surface area (Å²) in [4.78, 5) is 13.0. The first-order valence-corrected chi connectivity index (χ1v) is 8.85. The highest BCUT2D eigenvalue weighted by atomic mass is 35.5. The lowest BCUT2D eigenvalue weighted by Crippen LogP contribution is -2.48. The number of ether oxygens (including phenoxy) is 1. The zero-order chi connectivity index (χ0) is 16.1. The third kappa shape index (κ3) is 4.29. The van der Waals surface area contributed by atoms with Gasteiger partial charge in [-0.15, -0.1) is 12.4 Å². The van der Waals surface area contributed by atoms with Crippen molar-refractivity contribution in [2.45, 2.75) is 38.0 Å². The van der Waals surface area contributed by atoms with Crippen LogP contribution in [0.2, 0.25) is 0 Å². The monoisotopic (exact) mass is 352 g/mol. The van der Waals surface area contributed by atoms with Crippen LogP contribution in [-0.4, -0.2) is 38.8 Å². The molecule has 2 N–H and O–H groups in total. The van der Waals surface area contributed by atoms with Crippen molar-refractivity contribution in [1.82, 2.24) is 10.6 Å². The maximum absolute atomic E-state index is 13.0. The Balaban J connectivity index is 0.00000208.